The molecule has 6 nitrogen and oxygen atoms in total. The van der Waals surface area contributed by atoms with Gasteiger partial charge in [0.1, 0.15) is 0 Å². The molecule has 33 heavy (non-hydrogen) atoms. The third-order valence-corrected chi connectivity index (χ3v) is 6.34. The minimum Gasteiger partial charge on any atom is -0.338 e. The second-order valence-electron chi connectivity index (χ2n) is 7.41. The molecule has 2 aromatic heterocycles. The van der Waals surface area contributed by atoms with Gasteiger partial charge in [-0.2, -0.15) is 4.98 Å². The Morgan fingerprint density at radius 3 is 2.27 bits per heavy atom. The first kappa shape index (κ1) is 21.4. The van der Waals surface area contributed by atoms with Crippen LogP contribution in [0.5, 0.6) is 0 Å². The van der Waals surface area contributed by atoms with Crippen LogP contribution in [0.3, 0.4) is 0 Å². The monoisotopic (exact) mass is 473 g/mol. The zero-order valence-electron chi connectivity index (χ0n) is 17.6. The van der Waals surface area contributed by atoms with Crippen LogP contribution >= 0.6 is 23.4 Å². The first-order valence-corrected chi connectivity index (χ1v) is 11.8. The Labute approximate surface area is 200 Å². The molecule has 0 N–H and O–H groups in total. The number of halogens is 1. The van der Waals surface area contributed by atoms with Crippen molar-refractivity contribution in [2.45, 2.75) is 23.9 Å². The van der Waals surface area contributed by atoms with Crippen LogP contribution in [0.4, 0.5) is 0 Å². The lowest BCUT2D eigenvalue weighted by molar-refractivity contribution is 0.385. The number of hydrogen-bond acceptors (Lipinski definition) is 6. The van der Waals surface area contributed by atoms with E-state index in [9.17, 15) is 0 Å². The molecule has 0 saturated carbocycles. The molecule has 0 radical (unpaired) electrons. The number of thioether (sulfide) groups is 1. The van der Waals surface area contributed by atoms with Gasteiger partial charge in [-0.15, -0.1) is 10.2 Å². The van der Waals surface area contributed by atoms with Crippen LogP contribution in [-0.2, 0) is 18.7 Å². The van der Waals surface area contributed by atoms with Crippen molar-refractivity contribution in [1.29, 1.82) is 0 Å². The Bertz CT molecular complexity index is 1340. The number of hydrogen-bond donors (Lipinski definition) is 0. The summed E-state index contributed by atoms with van der Waals surface area (Å²) in [5.74, 6) is 2.44. The molecule has 5 aromatic rings. The molecule has 5 rings (SSSR count). The summed E-state index contributed by atoms with van der Waals surface area (Å²) in [7, 11) is 0. The largest absolute Gasteiger partial charge is 0.338 e. The van der Waals surface area contributed by atoms with E-state index in [-0.39, 0.29) is 0 Å². The average Bonchev–Trinajstić information content (AvgIpc) is 3.46. The van der Waals surface area contributed by atoms with E-state index >= 15 is 0 Å². The molecule has 0 spiro atoms. The molecule has 3 aromatic carbocycles. The lowest BCUT2D eigenvalue weighted by atomic mass is 10.1. The molecule has 0 saturated heterocycles. The summed E-state index contributed by atoms with van der Waals surface area (Å²) in [6.45, 7) is 0.625. The smallest absolute Gasteiger partial charge is 0.237 e. The second-order valence-corrected chi connectivity index (χ2v) is 8.76. The van der Waals surface area contributed by atoms with Crippen LogP contribution in [0.25, 0.3) is 11.4 Å². The lowest BCUT2D eigenvalue weighted by Gasteiger charge is -2.11. The van der Waals surface area contributed by atoms with Gasteiger partial charge < -0.3 is 4.52 Å². The second kappa shape index (κ2) is 10.0. The molecule has 0 unspecified atom stereocenters. The van der Waals surface area contributed by atoms with E-state index in [4.69, 9.17) is 16.1 Å². The van der Waals surface area contributed by atoms with Gasteiger partial charge in [0, 0.05) is 12.0 Å². The summed E-state index contributed by atoms with van der Waals surface area (Å²) < 4.78 is 7.54. The lowest BCUT2D eigenvalue weighted by Crippen LogP contribution is -2.04. The van der Waals surface area contributed by atoms with E-state index in [1.807, 2.05) is 72.8 Å². The molecule has 0 amide bonds. The van der Waals surface area contributed by atoms with Crippen molar-refractivity contribution in [3.63, 3.8) is 0 Å². The van der Waals surface area contributed by atoms with Crippen molar-refractivity contribution in [2.75, 3.05) is 0 Å². The molecule has 0 aliphatic carbocycles. The fourth-order valence-electron chi connectivity index (χ4n) is 3.47. The quantitative estimate of drug-likeness (QED) is 0.261. The summed E-state index contributed by atoms with van der Waals surface area (Å²) >= 11 is 7.97. The van der Waals surface area contributed by atoms with Gasteiger partial charge in [0.25, 0.3) is 0 Å². The van der Waals surface area contributed by atoms with Crippen LogP contribution in [0, 0.1) is 0 Å². The number of nitrogens with zero attached hydrogens (tertiary/aromatic N) is 5. The number of aromatic nitrogens is 5. The predicted octanol–water partition coefficient (Wildman–Crippen LogP) is 5.91. The van der Waals surface area contributed by atoms with Crippen molar-refractivity contribution in [1.82, 2.24) is 24.9 Å². The fourth-order valence-corrected chi connectivity index (χ4v) is 4.47. The maximum absolute atomic E-state index is 6.46. The van der Waals surface area contributed by atoms with E-state index in [1.54, 1.807) is 0 Å². The van der Waals surface area contributed by atoms with Crippen molar-refractivity contribution in [3.8, 4) is 11.4 Å². The van der Waals surface area contributed by atoms with Crippen molar-refractivity contribution in [3.05, 3.63) is 113 Å². The van der Waals surface area contributed by atoms with E-state index in [0.717, 1.165) is 27.7 Å². The predicted molar refractivity (Wildman–Crippen MR) is 129 cm³/mol. The van der Waals surface area contributed by atoms with E-state index in [1.165, 1.54) is 11.8 Å². The van der Waals surface area contributed by atoms with Gasteiger partial charge in [-0.25, -0.2) is 0 Å². The average molecular weight is 474 g/mol. The van der Waals surface area contributed by atoms with Crippen LogP contribution in [0.1, 0.15) is 22.8 Å². The maximum Gasteiger partial charge on any atom is 0.237 e. The van der Waals surface area contributed by atoms with Crippen LogP contribution in [0.15, 0.2) is 94.6 Å². The summed E-state index contributed by atoms with van der Waals surface area (Å²) in [6.07, 6.45) is 0.635. The first-order chi connectivity index (χ1) is 16.3. The Balaban J connectivity index is 1.37. The van der Waals surface area contributed by atoms with Gasteiger partial charge in [-0.05, 0) is 23.3 Å². The van der Waals surface area contributed by atoms with E-state index in [2.05, 4.69) is 37.0 Å². The zero-order chi connectivity index (χ0) is 22.5. The van der Waals surface area contributed by atoms with Crippen molar-refractivity contribution >= 4 is 23.4 Å². The minimum absolute atomic E-state index is 0.497. The highest BCUT2D eigenvalue weighted by atomic mass is 35.5. The van der Waals surface area contributed by atoms with Crippen molar-refractivity contribution < 1.29 is 4.52 Å². The van der Waals surface area contributed by atoms with Gasteiger partial charge in [0.05, 0.1) is 17.3 Å². The standard InChI is InChI=1S/C25H20ClN5OS/c26-21-14-8-7-13-20(21)24-28-29-25(31(24)16-19-11-5-2-6-12-19)33-17-23-27-22(30-32-23)15-18-9-3-1-4-10-18/h1-14H,15-17H2. The van der Waals surface area contributed by atoms with Crippen LogP contribution in [0.2, 0.25) is 5.02 Å². The third-order valence-electron chi connectivity index (χ3n) is 5.06. The molecule has 8 heteroatoms. The highest BCUT2D eigenvalue weighted by Gasteiger charge is 2.18. The molecule has 0 bridgehead atoms. The molecular formula is C25H20ClN5OS. The zero-order valence-corrected chi connectivity index (χ0v) is 19.2. The maximum atomic E-state index is 6.46. The first-order valence-electron chi connectivity index (χ1n) is 10.5. The molecular weight excluding hydrogens is 454 g/mol. The topological polar surface area (TPSA) is 69.6 Å². The molecule has 164 valence electrons. The Kier molecular flexibility index (Phi) is 6.51. The Hall–Kier alpha value is -3.42. The summed E-state index contributed by atoms with van der Waals surface area (Å²) in [5.41, 5.74) is 3.14. The van der Waals surface area contributed by atoms with E-state index < -0.39 is 0 Å². The summed E-state index contributed by atoms with van der Waals surface area (Å²) in [5, 5.41) is 14.4. The summed E-state index contributed by atoms with van der Waals surface area (Å²) in [4.78, 5) is 4.54. The van der Waals surface area contributed by atoms with Gasteiger partial charge in [0.15, 0.2) is 16.8 Å². The number of rotatable bonds is 8. The molecule has 0 fully saturated rings. The minimum atomic E-state index is 0.497. The third kappa shape index (κ3) is 5.16. The molecule has 0 aliphatic heterocycles. The highest BCUT2D eigenvalue weighted by molar-refractivity contribution is 7.98. The van der Waals surface area contributed by atoms with Gasteiger partial charge in [0.2, 0.25) is 5.89 Å². The molecule has 0 atom stereocenters. The molecule has 2 heterocycles. The normalized spacial score (nSPS) is 11.1. The number of benzene rings is 3. The van der Waals surface area contributed by atoms with Crippen LogP contribution < -0.4 is 0 Å². The Morgan fingerprint density at radius 2 is 1.52 bits per heavy atom. The van der Waals surface area contributed by atoms with Crippen LogP contribution in [-0.4, -0.2) is 24.9 Å². The van der Waals surface area contributed by atoms with Gasteiger partial charge in [-0.1, -0.05) is 101 Å². The highest BCUT2D eigenvalue weighted by Crippen LogP contribution is 2.31. The molecule has 0 aliphatic rings. The summed E-state index contributed by atoms with van der Waals surface area (Å²) in [6, 6.07) is 28.0. The SMILES string of the molecule is Clc1ccccc1-c1nnc(SCc2nc(Cc3ccccc3)no2)n1Cc1ccccc1. The Morgan fingerprint density at radius 1 is 0.818 bits per heavy atom. The van der Waals surface area contributed by atoms with E-state index in [0.29, 0.717) is 35.5 Å². The van der Waals surface area contributed by atoms with Crippen molar-refractivity contribution in [2.24, 2.45) is 0 Å². The fraction of sp³-hybridized carbons (Fsp3) is 0.120. The van der Waals surface area contributed by atoms with Gasteiger partial charge in [-0.3, -0.25) is 4.57 Å². The van der Waals surface area contributed by atoms with Gasteiger partial charge >= 0.3 is 0 Å².